The van der Waals surface area contributed by atoms with Crippen LogP contribution in [0.4, 0.5) is 18.9 Å². The number of aryl methyl sites for hydroxylation is 1. The first kappa shape index (κ1) is 29.6. The van der Waals surface area contributed by atoms with Gasteiger partial charge < -0.3 is 29.7 Å². The molecule has 0 unspecified atom stereocenters. The minimum Gasteiger partial charge on any atom is -0.394 e. The molecule has 3 N–H and O–H groups in total. The molecular formula is C27H28BrF3N4O6. The first-order valence-corrected chi connectivity index (χ1v) is 13.7. The second-order valence-corrected chi connectivity index (χ2v) is 11.1. The maximum Gasteiger partial charge on any atom is 0.259 e. The van der Waals surface area contributed by atoms with Crippen LogP contribution in [0.1, 0.15) is 24.4 Å². The summed E-state index contributed by atoms with van der Waals surface area (Å²) in [5.41, 5.74) is 1.23. The summed E-state index contributed by atoms with van der Waals surface area (Å²) in [6.07, 6.45) is -3.70. The molecule has 1 aromatic heterocycles. The van der Waals surface area contributed by atoms with Crippen molar-refractivity contribution >= 4 is 27.5 Å². The summed E-state index contributed by atoms with van der Waals surface area (Å²) in [6.45, 7) is 1.20. The molecule has 1 saturated carbocycles. The van der Waals surface area contributed by atoms with Crippen LogP contribution in [0.25, 0.3) is 11.3 Å². The highest BCUT2D eigenvalue weighted by atomic mass is 79.9. The molecule has 220 valence electrons. The highest BCUT2D eigenvalue weighted by Crippen LogP contribution is 2.38. The van der Waals surface area contributed by atoms with Crippen LogP contribution in [-0.4, -0.2) is 86.5 Å². The lowest BCUT2D eigenvalue weighted by Gasteiger charge is -2.47. The molecule has 5 rings (SSSR count). The zero-order chi connectivity index (χ0) is 29.6. The number of anilines is 1. The molecule has 0 bridgehead atoms. The SMILES string of the molecule is CO[C@@H]1[C@@H](n2cc(-c3cc(F)c(F)c(F)c3)nn2)[C@@H](O)[C@@H](CO)O[C@H]1C(=O)N(c1cc(C)cc(Br)c1)[C@H]1CC[C@@H]1O. The molecule has 2 aromatic carbocycles. The van der Waals surface area contributed by atoms with Gasteiger partial charge in [0.15, 0.2) is 23.6 Å². The Morgan fingerprint density at radius 2 is 1.88 bits per heavy atom. The number of aliphatic hydroxyl groups is 3. The number of hydrogen-bond donors (Lipinski definition) is 3. The van der Waals surface area contributed by atoms with Crippen molar-refractivity contribution in [1.29, 1.82) is 0 Å². The van der Waals surface area contributed by atoms with Crippen LogP contribution in [-0.2, 0) is 14.3 Å². The standard InChI is InChI=1S/C27H28BrF3N4O6/c1-12-5-14(28)9-15(6-12)35(19-3-4-20(19)37)27(39)26-25(40-2)23(24(38)21(11-36)41-26)34-10-18(32-33-34)13-7-16(29)22(31)17(30)8-13/h5-10,19-21,23-26,36-38H,3-4,11H2,1-2H3/t19-,20-,21+,23-,24-,25+,26+/m0/s1. The fraction of sp³-hybridized carbons (Fsp3) is 0.444. The van der Waals surface area contributed by atoms with Crippen molar-refractivity contribution in [3.05, 3.63) is 64.0 Å². The van der Waals surface area contributed by atoms with Gasteiger partial charge in [0.25, 0.3) is 5.91 Å². The number of halogens is 4. The number of ether oxygens (including phenoxy) is 2. The average Bonchev–Trinajstić information content (AvgIpc) is 3.42. The molecule has 1 amide bonds. The van der Waals surface area contributed by atoms with Gasteiger partial charge in [0, 0.05) is 22.8 Å². The van der Waals surface area contributed by atoms with Gasteiger partial charge in [0.05, 0.1) is 24.9 Å². The normalized spacial score (nSPS) is 27.9. The van der Waals surface area contributed by atoms with E-state index in [-0.39, 0.29) is 11.3 Å². The van der Waals surface area contributed by atoms with Crippen molar-refractivity contribution in [3.63, 3.8) is 0 Å². The monoisotopic (exact) mass is 640 g/mol. The van der Waals surface area contributed by atoms with E-state index in [0.29, 0.717) is 18.5 Å². The number of rotatable bonds is 7. The number of aliphatic hydroxyl groups excluding tert-OH is 3. The molecule has 0 spiro atoms. The molecule has 1 aliphatic heterocycles. The summed E-state index contributed by atoms with van der Waals surface area (Å²) in [5, 5.41) is 39.6. The Hall–Kier alpha value is -2.88. The van der Waals surface area contributed by atoms with E-state index in [1.54, 1.807) is 12.1 Å². The Labute approximate surface area is 241 Å². The van der Waals surface area contributed by atoms with E-state index in [1.165, 1.54) is 18.2 Å². The molecule has 2 heterocycles. The predicted molar refractivity (Wildman–Crippen MR) is 142 cm³/mol. The summed E-state index contributed by atoms with van der Waals surface area (Å²) in [4.78, 5) is 15.7. The number of carbonyl (C=O) groups excluding carboxylic acids is 1. The van der Waals surface area contributed by atoms with Gasteiger partial charge in [-0.1, -0.05) is 21.1 Å². The van der Waals surface area contributed by atoms with Gasteiger partial charge in [-0.3, -0.25) is 4.79 Å². The number of hydrogen-bond acceptors (Lipinski definition) is 8. The van der Waals surface area contributed by atoms with Crippen LogP contribution in [0.3, 0.4) is 0 Å². The quantitative estimate of drug-likeness (QED) is 0.336. The topological polar surface area (TPSA) is 130 Å². The third-order valence-corrected chi connectivity index (χ3v) is 8.01. The number of amides is 1. The van der Waals surface area contributed by atoms with Crippen LogP contribution in [0.15, 0.2) is 41.0 Å². The molecule has 1 aliphatic carbocycles. The van der Waals surface area contributed by atoms with Gasteiger partial charge in [-0.25, -0.2) is 17.9 Å². The molecule has 1 saturated heterocycles. The van der Waals surface area contributed by atoms with Crippen molar-refractivity contribution in [1.82, 2.24) is 15.0 Å². The van der Waals surface area contributed by atoms with Gasteiger partial charge >= 0.3 is 0 Å². The van der Waals surface area contributed by atoms with Crippen molar-refractivity contribution in [2.75, 3.05) is 18.6 Å². The summed E-state index contributed by atoms with van der Waals surface area (Å²) >= 11 is 3.45. The van der Waals surface area contributed by atoms with E-state index in [1.807, 2.05) is 13.0 Å². The van der Waals surface area contributed by atoms with Crippen LogP contribution in [0.2, 0.25) is 0 Å². The highest BCUT2D eigenvalue weighted by Gasteiger charge is 2.52. The van der Waals surface area contributed by atoms with E-state index < -0.39 is 72.6 Å². The molecular weight excluding hydrogens is 613 g/mol. The molecule has 0 radical (unpaired) electrons. The summed E-state index contributed by atoms with van der Waals surface area (Å²) in [5.74, 6) is -5.03. The van der Waals surface area contributed by atoms with Crippen LogP contribution < -0.4 is 4.90 Å². The molecule has 41 heavy (non-hydrogen) atoms. The van der Waals surface area contributed by atoms with Crippen molar-refractivity contribution in [2.24, 2.45) is 0 Å². The Morgan fingerprint density at radius 1 is 1.17 bits per heavy atom. The van der Waals surface area contributed by atoms with Crippen LogP contribution in [0, 0.1) is 24.4 Å². The minimum absolute atomic E-state index is 0.0383. The largest absolute Gasteiger partial charge is 0.394 e. The summed E-state index contributed by atoms with van der Waals surface area (Å²) < 4.78 is 54.7. The Morgan fingerprint density at radius 3 is 2.44 bits per heavy atom. The third kappa shape index (κ3) is 5.51. The number of aromatic nitrogens is 3. The van der Waals surface area contributed by atoms with E-state index in [0.717, 1.165) is 26.9 Å². The summed E-state index contributed by atoms with van der Waals surface area (Å²) in [7, 11) is 1.31. The Kier molecular flexibility index (Phi) is 8.51. The van der Waals surface area contributed by atoms with Crippen molar-refractivity contribution in [3.8, 4) is 11.3 Å². The van der Waals surface area contributed by atoms with E-state index >= 15 is 0 Å². The molecule has 14 heteroatoms. The van der Waals surface area contributed by atoms with Gasteiger partial charge in [-0.05, 0) is 55.7 Å². The lowest BCUT2D eigenvalue weighted by Crippen LogP contribution is -2.64. The first-order chi connectivity index (χ1) is 19.5. The van der Waals surface area contributed by atoms with Gasteiger partial charge in [-0.2, -0.15) is 0 Å². The Bertz CT molecular complexity index is 1400. The van der Waals surface area contributed by atoms with E-state index in [4.69, 9.17) is 9.47 Å². The number of nitrogens with zero attached hydrogens (tertiary/aromatic N) is 4. The first-order valence-electron chi connectivity index (χ1n) is 12.9. The highest BCUT2D eigenvalue weighted by molar-refractivity contribution is 9.10. The molecule has 2 fully saturated rings. The zero-order valence-corrected chi connectivity index (χ0v) is 23.6. The van der Waals surface area contributed by atoms with Gasteiger partial charge in [-0.15, -0.1) is 5.10 Å². The second-order valence-electron chi connectivity index (χ2n) is 10.2. The smallest absolute Gasteiger partial charge is 0.259 e. The van der Waals surface area contributed by atoms with E-state index in [9.17, 15) is 33.3 Å². The lowest BCUT2D eigenvalue weighted by atomic mass is 9.85. The summed E-state index contributed by atoms with van der Waals surface area (Å²) in [6, 6.07) is 5.22. The maximum atomic E-state index is 14.2. The molecule has 3 aromatic rings. The van der Waals surface area contributed by atoms with E-state index in [2.05, 4.69) is 26.2 Å². The number of methoxy groups -OCH3 is 1. The molecule has 10 nitrogen and oxygen atoms in total. The molecule has 2 aliphatic rings. The van der Waals surface area contributed by atoms with Crippen molar-refractivity contribution < 1.29 is 42.8 Å². The maximum absolute atomic E-state index is 14.2. The van der Waals surface area contributed by atoms with Crippen LogP contribution >= 0.6 is 15.9 Å². The Balaban J connectivity index is 1.53. The van der Waals surface area contributed by atoms with Crippen molar-refractivity contribution in [2.45, 2.75) is 62.4 Å². The van der Waals surface area contributed by atoms with Gasteiger partial charge in [0.1, 0.15) is 30.0 Å². The lowest BCUT2D eigenvalue weighted by molar-refractivity contribution is -0.211. The minimum atomic E-state index is -1.63. The fourth-order valence-electron chi connectivity index (χ4n) is 5.36. The zero-order valence-electron chi connectivity index (χ0n) is 22.0. The molecule has 7 atom stereocenters. The third-order valence-electron chi connectivity index (χ3n) is 7.55. The van der Waals surface area contributed by atoms with Gasteiger partial charge in [0.2, 0.25) is 0 Å². The second kappa shape index (κ2) is 11.8. The predicted octanol–water partition coefficient (Wildman–Crippen LogP) is 2.67. The fourth-order valence-corrected chi connectivity index (χ4v) is 5.95. The number of benzene rings is 2. The van der Waals surface area contributed by atoms with Crippen LogP contribution in [0.5, 0.6) is 0 Å². The number of carbonyl (C=O) groups is 1. The average molecular weight is 641 g/mol.